The number of hydrogen-bond donors (Lipinski definition) is 2. The first-order valence-electron chi connectivity index (χ1n) is 7.63. The normalized spacial score (nSPS) is 12.0. The van der Waals surface area contributed by atoms with Crippen molar-refractivity contribution in [1.29, 1.82) is 0 Å². The maximum absolute atomic E-state index is 11.9. The third kappa shape index (κ3) is 3.25. The number of rotatable bonds is 5. The van der Waals surface area contributed by atoms with Crippen LogP contribution in [0.15, 0.2) is 29.7 Å². The highest BCUT2D eigenvalue weighted by atomic mass is 16.1. The molecule has 122 valence electrons. The number of imidazole rings is 1. The second-order valence-electron chi connectivity index (χ2n) is 6.53. The second-order valence-corrected chi connectivity index (χ2v) is 6.53. The van der Waals surface area contributed by atoms with E-state index >= 15 is 0 Å². The smallest absolute Gasteiger partial charge is 0.347 e. The number of nitrogens with zero attached hydrogens (tertiary/aromatic N) is 5. The minimum atomic E-state index is -0.255. The standard InChI is InChI=1S/C15H21N7O/c1-15(2,3)11-9-22-13(19-20-14(22)23)12(18-11)17-5-4-7-21-8-6-16-10-21/h6,8-10H,4-5,7H2,1-3H3,(H,17,18)(H,20,23). The van der Waals surface area contributed by atoms with Gasteiger partial charge in [0.2, 0.25) is 5.65 Å². The zero-order valence-corrected chi connectivity index (χ0v) is 13.6. The lowest BCUT2D eigenvalue weighted by Crippen LogP contribution is -2.20. The van der Waals surface area contributed by atoms with Crippen LogP contribution >= 0.6 is 0 Å². The summed E-state index contributed by atoms with van der Waals surface area (Å²) in [7, 11) is 0. The van der Waals surface area contributed by atoms with Gasteiger partial charge in [-0.15, -0.1) is 5.10 Å². The zero-order valence-electron chi connectivity index (χ0n) is 13.6. The van der Waals surface area contributed by atoms with E-state index in [0.29, 0.717) is 11.5 Å². The summed E-state index contributed by atoms with van der Waals surface area (Å²) in [5.74, 6) is 0.626. The third-order valence-corrected chi connectivity index (χ3v) is 3.61. The van der Waals surface area contributed by atoms with Crippen LogP contribution in [0.3, 0.4) is 0 Å². The van der Waals surface area contributed by atoms with E-state index in [1.54, 1.807) is 18.7 Å². The number of nitrogens with one attached hydrogen (secondary N) is 2. The molecule has 3 rings (SSSR count). The first-order valence-corrected chi connectivity index (χ1v) is 7.63. The number of aromatic nitrogens is 6. The van der Waals surface area contributed by atoms with E-state index in [1.807, 2.05) is 10.8 Å². The maximum Gasteiger partial charge on any atom is 0.347 e. The molecular weight excluding hydrogens is 294 g/mol. The van der Waals surface area contributed by atoms with E-state index < -0.39 is 0 Å². The van der Waals surface area contributed by atoms with Crippen molar-refractivity contribution in [3.8, 4) is 0 Å². The first kappa shape index (κ1) is 15.3. The van der Waals surface area contributed by atoms with Crippen LogP contribution in [-0.4, -0.2) is 35.7 Å². The third-order valence-electron chi connectivity index (χ3n) is 3.61. The molecule has 0 radical (unpaired) electrons. The van der Waals surface area contributed by atoms with Gasteiger partial charge in [-0.3, -0.25) is 0 Å². The lowest BCUT2D eigenvalue weighted by atomic mass is 9.93. The van der Waals surface area contributed by atoms with Gasteiger partial charge in [-0.05, 0) is 6.42 Å². The van der Waals surface area contributed by atoms with Gasteiger partial charge in [0.05, 0.1) is 12.0 Å². The van der Waals surface area contributed by atoms with Gasteiger partial charge in [-0.25, -0.2) is 24.3 Å². The van der Waals surface area contributed by atoms with E-state index in [-0.39, 0.29) is 11.1 Å². The van der Waals surface area contributed by atoms with Crippen molar-refractivity contribution in [3.05, 3.63) is 41.1 Å². The van der Waals surface area contributed by atoms with Gasteiger partial charge in [0, 0.05) is 37.1 Å². The Labute approximate surface area is 133 Å². The fourth-order valence-electron chi connectivity index (χ4n) is 2.28. The largest absolute Gasteiger partial charge is 0.367 e. The molecule has 0 atom stereocenters. The zero-order chi connectivity index (χ0) is 16.4. The average molecular weight is 315 g/mol. The quantitative estimate of drug-likeness (QED) is 0.695. The molecule has 3 heterocycles. The van der Waals surface area contributed by atoms with Crippen LogP contribution in [0, 0.1) is 0 Å². The van der Waals surface area contributed by atoms with Gasteiger partial charge in [0.1, 0.15) is 0 Å². The summed E-state index contributed by atoms with van der Waals surface area (Å²) in [4.78, 5) is 20.5. The number of anilines is 1. The predicted molar refractivity (Wildman–Crippen MR) is 87.6 cm³/mol. The van der Waals surface area contributed by atoms with Crippen LogP contribution in [0.25, 0.3) is 5.65 Å². The lowest BCUT2D eigenvalue weighted by molar-refractivity contribution is 0.564. The van der Waals surface area contributed by atoms with E-state index in [9.17, 15) is 4.79 Å². The fourth-order valence-corrected chi connectivity index (χ4v) is 2.28. The summed E-state index contributed by atoms with van der Waals surface area (Å²) >= 11 is 0. The molecule has 0 aliphatic rings. The van der Waals surface area contributed by atoms with Gasteiger partial charge in [-0.1, -0.05) is 20.8 Å². The maximum atomic E-state index is 11.9. The summed E-state index contributed by atoms with van der Waals surface area (Å²) in [5, 5.41) is 9.82. The van der Waals surface area contributed by atoms with Crippen LogP contribution in [0.1, 0.15) is 32.9 Å². The molecule has 3 aromatic heterocycles. The van der Waals surface area contributed by atoms with E-state index in [0.717, 1.165) is 25.2 Å². The molecule has 0 aromatic carbocycles. The molecule has 0 unspecified atom stereocenters. The number of hydrogen-bond acceptors (Lipinski definition) is 5. The van der Waals surface area contributed by atoms with Gasteiger partial charge in [0.25, 0.3) is 0 Å². The molecule has 0 saturated heterocycles. The van der Waals surface area contributed by atoms with Crippen molar-refractivity contribution in [3.63, 3.8) is 0 Å². The van der Waals surface area contributed by atoms with E-state index in [2.05, 4.69) is 46.3 Å². The first-order chi connectivity index (χ1) is 10.9. The Hall–Kier alpha value is -2.64. The van der Waals surface area contributed by atoms with Crippen LogP contribution in [0.5, 0.6) is 0 Å². The molecule has 23 heavy (non-hydrogen) atoms. The van der Waals surface area contributed by atoms with Gasteiger partial charge >= 0.3 is 5.69 Å². The summed E-state index contributed by atoms with van der Waals surface area (Å²) in [5.41, 5.74) is 0.948. The van der Waals surface area contributed by atoms with Crippen molar-refractivity contribution in [2.24, 2.45) is 0 Å². The van der Waals surface area contributed by atoms with Crippen LogP contribution < -0.4 is 11.0 Å². The van der Waals surface area contributed by atoms with E-state index in [1.165, 1.54) is 4.40 Å². The molecule has 3 aromatic rings. The molecule has 0 saturated carbocycles. The predicted octanol–water partition coefficient (Wildman–Crippen LogP) is 1.41. The van der Waals surface area contributed by atoms with Crippen LogP contribution in [0.2, 0.25) is 0 Å². The topological polar surface area (TPSA) is 92.9 Å². The minimum Gasteiger partial charge on any atom is -0.367 e. The number of aryl methyl sites for hydroxylation is 1. The summed E-state index contributed by atoms with van der Waals surface area (Å²) in [6.45, 7) is 7.80. The summed E-state index contributed by atoms with van der Waals surface area (Å²) < 4.78 is 3.53. The number of H-pyrrole nitrogens is 1. The summed E-state index contributed by atoms with van der Waals surface area (Å²) in [6.07, 6.45) is 8.16. The Kier molecular flexibility index (Phi) is 3.89. The Balaban J connectivity index is 1.80. The van der Waals surface area contributed by atoms with Gasteiger partial charge in [-0.2, -0.15) is 0 Å². The Bertz CT molecular complexity index is 839. The molecule has 0 aliphatic carbocycles. The number of fused-ring (bicyclic) bond motifs is 1. The Morgan fingerprint density at radius 3 is 2.87 bits per heavy atom. The highest BCUT2D eigenvalue weighted by Gasteiger charge is 2.19. The molecule has 2 N–H and O–H groups in total. The Morgan fingerprint density at radius 2 is 2.17 bits per heavy atom. The van der Waals surface area contributed by atoms with E-state index in [4.69, 9.17) is 0 Å². The molecule has 0 aliphatic heterocycles. The molecule has 0 amide bonds. The molecule has 8 heteroatoms. The molecule has 0 fully saturated rings. The molecular formula is C15H21N7O. The van der Waals surface area contributed by atoms with Gasteiger partial charge < -0.3 is 9.88 Å². The lowest BCUT2D eigenvalue weighted by Gasteiger charge is -2.19. The second kappa shape index (κ2) is 5.86. The van der Waals surface area contributed by atoms with Crippen LogP contribution in [0.4, 0.5) is 5.82 Å². The van der Waals surface area contributed by atoms with Crippen molar-refractivity contribution < 1.29 is 0 Å². The van der Waals surface area contributed by atoms with Gasteiger partial charge in [0.15, 0.2) is 5.82 Å². The highest BCUT2D eigenvalue weighted by molar-refractivity contribution is 5.62. The summed E-state index contributed by atoms with van der Waals surface area (Å²) in [6, 6.07) is 0. The van der Waals surface area contributed by atoms with Crippen molar-refractivity contribution in [1.82, 2.24) is 29.1 Å². The highest BCUT2D eigenvalue weighted by Crippen LogP contribution is 2.22. The SMILES string of the molecule is CC(C)(C)c1cn2c(=O)[nH]nc2c(NCCCn2ccnc2)n1. The van der Waals surface area contributed by atoms with Crippen molar-refractivity contribution >= 4 is 11.5 Å². The Morgan fingerprint density at radius 1 is 1.35 bits per heavy atom. The fraction of sp³-hybridized carbons (Fsp3) is 0.467. The van der Waals surface area contributed by atoms with Crippen LogP contribution in [-0.2, 0) is 12.0 Å². The molecule has 0 bridgehead atoms. The molecule has 8 nitrogen and oxygen atoms in total. The molecule has 0 spiro atoms. The average Bonchev–Trinajstić information content (AvgIpc) is 3.13. The minimum absolute atomic E-state index is 0.155. The van der Waals surface area contributed by atoms with Crippen molar-refractivity contribution in [2.45, 2.75) is 39.2 Å². The number of aromatic amines is 1. The van der Waals surface area contributed by atoms with Crippen molar-refractivity contribution in [2.75, 3.05) is 11.9 Å². The monoisotopic (exact) mass is 315 g/mol.